The maximum atomic E-state index is 3.54. The van der Waals surface area contributed by atoms with E-state index in [9.17, 15) is 0 Å². The number of nitrogens with zero attached hydrogens (tertiary/aromatic N) is 1. The first-order valence-corrected chi connectivity index (χ1v) is 6.55. The van der Waals surface area contributed by atoms with Crippen molar-refractivity contribution < 1.29 is 0 Å². The van der Waals surface area contributed by atoms with Crippen molar-refractivity contribution >= 4 is 0 Å². The third kappa shape index (κ3) is 3.46. The molecule has 0 radical (unpaired) electrons. The number of hydrogen-bond acceptors (Lipinski definition) is 2. The average molecular weight is 212 g/mol. The molecule has 90 valence electrons. The third-order valence-corrected chi connectivity index (χ3v) is 3.94. The predicted molar refractivity (Wildman–Crippen MR) is 67.2 cm³/mol. The first-order valence-electron chi connectivity index (χ1n) is 6.55. The lowest BCUT2D eigenvalue weighted by Gasteiger charge is -2.43. The minimum atomic E-state index is 0.600. The van der Waals surface area contributed by atoms with Gasteiger partial charge in [0, 0.05) is 24.7 Å². The van der Waals surface area contributed by atoms with Crippen LogP contribution in [0.5, 0.6) is 0 Å². The molecule has 2 heteroatoms. The van der Waals surface area contributed by atoms with Gasteiger partial charge in [-0.15, -0.1) is 0 Å². The van der Waals surface area contributed by atoms with Crippen LogP contribution in [0.25, 0.3) is 0 Å². The topological polar surface area (TPSA) is 15.3 Å². The smallest absolute Gasteiger partial charge is 0.0221 e. The molecule has 15 heavy (non-hydrogen) atoms. The van der Waals surface area contributed by atoms with Gasteiger partial charge in [-0.05, 0) is 46.1 Å². The normalized spacial score (nSPS) is 32.6. The second kappa shape index (κ2) is 5.86. The zero-order chi connectivity index (χ0) is 11.4. The van der Waals surface area contributed by atoms with Crippen LogP contribution in [0.2, 0.25) is 0 Å². The molecule has 1 heterocycles. The van der Waals surface area contributed by atoms with Gasteiger partial charge in [0.1, 0.15) is 0 Å². The van der Waals surface area contributed by atoms with E-state index in [-0.39, 0.29) is 0 Å². The Balaban J connectivity index is 2.51. The molecule has 0 aliphatic carbocycles. The van der Waals surface area contributed by atoms with Gasteiger partial charge in [0.15, 0.2) is 0 Å². The van der Waals surface area contributed by atoms with Gasteiger partial charge in [0.05, 0.1) is 0 Å². The number of likely N-dealkylation sites (tertiary alicyclic amines) is 1. The molecule has 1 N–H and O–H groups in total. The molecule has 2 nitrogen and oxygen atoms in total. The van der Waals surface area contributed by atoms with Crippen molar-refractivity contribution in [3.63, 3.8) is 0 Å². The van der Waals surface area contributed by atoms with Crippen LogP contribution in [-0.2, 0) is 0 Å². The molecular weight excluding hydrogens is 184 g/mol. The van der Waals surface area contributed by atoms with E-state index >= 15 is 0 Å². The van der Waals surface area contributed by atoms with E-state index in [0.29, 0.717) is 12.1 Å². The summed E-state index contributed by atoms with van der Waals surface area (Å²) in [4.78, 5) is 2.68. The Hall–Kier alpha value is -0.0800. The van der Waals surface area contributed by atoms with Crippen molar-refractivity contribution in [1.29, 1.82) is 0 Å². The lowest BCUT2D eigenvalue weighted by atomic mass is 9.92. The summed E-state index contributed by atoms with van der Waals surface area (Å²) in [5, 5.41) is 3.54. The number of piperidine rings is 1. The van der Waals surface area contributed by atoms with Crippen LogP contribution in [-0.4, -0.2) is 36.1 Å². The van der Waals surface area contributed by atoms with Crippen molar-refractivity contribution in [3.8, 4) is 0 Å². The zero-order valence-electron chi connectivity index (χ0n) is 11.1. The van der Waals surface area contributed by atoms with Gasteiger partial charge in [-0.25, -0.2) is 0 Å². The summed E-state index contributed by atoms with van der Waals surface area (Å²) in [5.74, 6) is 0.873. The van der Waals surface area contributed by atoms with Gasteiger partial charge < -0.3 is 5.32 Å². The highest BCUT2D eigenvalue weighted by Gasteiger charge is 2.28. The Kier molecular flexibility index (Phi) is 5.07. The summed E-state index contributed by atoms with van der Waals surface area (Å²) in [7, 11) is 0. The fraction of sp³-hybridized carbons (Fsp3) is 1.00. The van der Waals surface area contributed by atoms with Crippen LogP contribution in [0, 0.1) is 5.92 Å². The lowest BCUT2D eigenvalue weighted by molar-refractivity contribution is 0.0690. The van der Waals surface area contributed by atoms with Crippen molar-refractivity contribution in [3.05, 3.63) is 0 Å². The number of rotatable bonds is 4. The van der Waals surface area contributed by atoms with E-state index in [1.54, 1.807) is 0 Å². The lowest BCUT2D eigenvalue weighted by Crippen LogP contribution is -2.53. The molecule has 0 aromatic carbocycles. The summed E-state index contributed by atoms with van der Waals surface area (Å²) < 4.78 is 0. The number of hydrogen-bond donors (Lipinski definition) is 1. The number of nitrogens with one attached hydrogen (secondary N) is 1. The fourth-order valence-electron chi connectivity index (χ4n) is 2.67. The van der Waals surface area contributed by atoms with Gasteiger partial charge in [-0.1, -0.05) is 13.8 Å². The van der Waals surface area contributed by atoms with E-state index in [4.69, 9.17) is 0 Å². The molecule has 1 aliphatic rings. The SMILES string of the molecule is CCNC(C)C(C)N1CC(C)CCC1C. The second-order valence-electron chi connectivity index (χ2n) is 5.32. The van der Waals surface area contributed by atoms with E-state index in [2.05, 4.69) is 44.8 Å². The maximum Gasteiger partial charge on any atom is 0.0221 e. The molecule has 4 atom stereocenters. The maximum absolute atomic E-state index is 3.54. The monoisotopic (exact) mass is 212 g/mol. The molecular formula is C13H28N2. The Bertz CT molecular complexity index is 181. The van der Waals surface area contributed by atoms with Crippen LogP contribution in [0.15, 0.2) is 0 Å². The minimum Gasteiger partial charge on any atom is -0.313 e. The zero-order valence-corrected chi connectivity index (χ0v) is 11.1. The predicted octanol–water partition coefficient (Wildman–Crippen LogP) is 2.49. The average Bonchev–Trinajstić information content (AvgIpc) is 2.21. The minimum absolute atomic E-state index is 0.600. The first kappa shape index (κ1) is 13.0. The van der Waals surface area contributed by atoms with E-state index in [1.165, 1.54) is 19.4 Å². The fourth-order valence-corrected chi connectivity index (χ4v) is 2.67. The molecule has 1 saturated heterocycles. The standard InChI is InChI=1S/C13H28N2/c1-6-14-12(4)13(5)15-9-10(2)7-8-11(15)3/h10-14H,6-9H2,1-5H3. The van der Waals surface area contributed by atoms with E-state index in [1.807, 2.05) is 0 Å². The Morgan fingerprint density at radius 3 is 2.53 bits per heavy atom. The second-order valence-corrected chi connectivity index (χ2v) is 5.32. The van der Waals surface area contributed by atoms with Crippen molar-refractivity contribution in [2.75, 3.05) is 13.1 Å². The summed E-state index contributed by atoms with van der Waals surface area (Å²) in [6, 6.07) is 2.02. The van der Waals surface area contributed by atoms with Gasteiger partial charge >= 0.3 is 0 Å². The molecule has 1 rings (SSSR count). The Labute approximate surface area is 95.4 Å². The van der Waals surface area contributed by atoms with Crippen molar-refractivity contribution in [1.82, 2.24) is 10.2 Å². The summed E-state index contributed by atoms with van der Waals surface area (Å²) in [5.41, 5.74) is 0. The molecule has 0 spiro atoms. The molecule has 0 saturated carbocycles. The van der Waals surface area contributed by atoms with Crippen molar-refractivity contribution in [2.45, 2.75) is 65.6 Å². The quantitative estimate of drug-likeness (QED) is 0.770. The van der Waals surface area contributed by atoms with Crippen molar-refractivity contribution in [2.24, 2.45) is 5.92 Å². The number of likely N-dealkylation sites (N-methyl/N-ethyl adjacent to an activating group) is 1. The molecule has 0 amide bonds. The highest BCUT2D eigenvalue weighted by atomic mass is 15.2. The molecule has 0 aromatic heterocycles. The van der Waals surface area contributed by atoms with Gasteiger partial charge in [0.25, 0.3) is 0 Å². The molecule has 0 aromatic rings. The molecule has 0 bridgehead atoms. The van der Waals surface area contributed by atoms with Crippen LogP contribution in [0.1, 0.15) is 47.5 Å². The Morgan fingerprint density at radius 1 is 1.27 bits per heavy atom. The molecule has 1 fully saturated rings. The van der Waals surface area contributed by atoms with Crippen LogP contribution >= 0.6 is 0 Å². The van der Waals surface area contributed by atoms with Gasteiger partial charge in [-0.3, -0.25) is 4.90 Å². The highest BCUT2D eigenvalue weighted by Crippen LogP contribution is 2.24. The Morgan fingerprint density at radius 2 is 1.93 bits per heavy atom. The van der Waals surface area contributed by atoms with Gasteiger partial charge in [-0.2, -0.15) is 0 Å². The van der Waals surface area contributed by atoms with Crippen LogP contribution < -0.4 is 5.32 Å². The van der Waals surface area contributed by atoms with Crippen LogP contribution in [0.3, 0.4) is 0 Å². The largest absolute Gasteiger partial charge is 0.313 e. The first-order chi connectivity index (χ1) is 7.06. The van der Waals surface area contributed by atoms with Crippen LogP contribution in [0.4, 0.5) is 0 Å². The van der Waals surface area contributed by atoms with Gasteiger partial charge in [0.2, 0.25) is 0 Å². The highest BCUT2D eigenvalue weighted by molar-refractivity contribution is 4.85. The molecule has 4 unspecified atom stereocenters. The summed E-state index contributed by atoms with van der Waals surface area (Å²) in [6.45, 7) is 14.0. The van der Waals surface area contributed by atoms with E-state index < -0.39 is 0 Å². The summed E-state index contributed by atoms with van der Waals surface area (Å²) >= 11 is 0. The summed E-state index contributed by atoms with van der Waals surface area (Å²) in [6.07, 6.45) is 2.77. The molecule has 1 aliphatic heterocycles. The van der Waals surface area contributed by atoms with E-state index in [0.717, 1.165) is 18.5 Å². The third-order valence-electron chi connectivity index (χ3n) is 3.94.